The Kier molecular flexibility index (Phi) is 7.98. The van der Waals surface area contributed by atoms with Crippen molar-refractivity contribution in [3.8, 4) is 5.69 Å². The number of benzene rings is 1. The van der Waals surface area contributed by atoms with E-state index in [1.54, 1.807) is 6.20 Å². The maximum absolute atomic E-state index is 13.0. The molecule has 5 rings (SSSR count). The third-order valence-electron chi connectivity index (χ3n) is 7.46. The minimum atomic E-state index is -3.19. The van der Waals surface area contributed by atoms with E-state index in [0.29, 0.717) is 37.1 Å². The number of aromatic amines is 1. The van der Waals surface area contributed by atoms with E-state index in [2.05, 4.69) is 26.0 Å². The lowest BCUT2D eigenvalue weighted by molar-refractivity contribution is 0.281. The lowest BCUT2D eigenvalue weighted by Gasteiger charge is -2.22. The van der Waals surface area contributed by atoms with Crippen molar-refractivity contribution in [3.05, 3.63) is 58.4 Å². The Balaban J connectivity index is 1.42. The number of piperidine rings is 1. The molecule has 11 heteroatoms. The predicted molar refractivity (Wildman–Crippen MR) is 150 cm³/mol. The van der Waals surface area contributed by atoms with Gasteiger partial charge in [0.25, 0.3) is 0 Å². The molecule has 10 nitrogen and oxygen atoms in total. The van der Waals surface area contributed by atoms with E-state index in [0.717, 1.165) is 66.4 Å². The molecule has 4 heterocycles. The van der Waals surface area contributed by atoms with Crippen LogP contribution in [0.15, 0.2) is 41.5 Å². The highest BCUT2D eigenvalue weighted by atomic mass is 32.2. The van der Waals surface area contributed by atoms with Crippen molar-refractivity contribution in [1.29, 1.82) is 0 Å². The molecule has 5 N–H and O–H groups in total. The van der Waals surface area contributed by atoms with Gasteiger partial charge in [0.15, 0.2) is 9.84 Å². The number of aromatic nitrogens is 4. The van der Waals surface area contributed by atoms with Crippen molar-refractivity contribution in [2.75, 3.05) is 32.0 Å². The first-order valence-corrected chi connectivity index (χ1v) is 15.1. The van der Waals surface area contributed by atoms with Crippen LogP contribution in [0.1, 0.15) is 36.9 Å². The average molecular weight is 541 g/mol. The van der Waals surface area contributed by atoms with Crippen molar-refractivity contribution < 1.29 is 13.5 Å². The summed E-state index contributed by atoms with van der Waals surface area (Å²) < 4.78 is 29.3. The topological polar surface area (TPSA) is 148 Å². The summed E-state index contributed by atoms with van der Waals surface area (Å²) >= 11 is 0. The summed E-state index contributed by atoms with van der Waals surface area (Å²) in [4.78, 5) is 20.4. The van der Waals surface area contributed by atoms with E-state index >= 15 is 0 Å². The highest BCUT2D eigenvalue weighted by molar-refractivity contribution is 7.92. The van der Waals surface area contributed by atoms with Gasteiger partial charge in [0.1, 0.15) is 5.65 Å². The minimum absolute atomic E-state index is 0.0732. The lowest BCUT2D eigenvalue weighted by Crippen LogP contribution is -2.37. The number of rotatable bonds is 11. The first-order chi connectivity index (χ1) is 18.4. The number of aliphatic hydroxyl groups is 1. The molecule has 0 atom stereocenters. The van der Waals surface area contributed by atoms with Gasteiger partial charge in [0, 0.05) is 48.4 Å². The number of sulfone groups is 1. The Morgan fingerprint density at radius 3 is 2.68 bits per heavy atom. The molecule has 0 saturated carbocycles. The zero-order valence-electron chi connectivity index (χ0n) is 21.5. The maximum atomic E-state index is 13.0. The summed E-state index contributed by atoms with van der Waals surface area (Å²) in [5, 5.41) is 14.0. The van der Waals surface area contributed by atoms with Gasteiger partial charge in [-0.25, -0.2) is 13.2 Å². The first kappa shape index (κ1) is 26.6. The normalized spacial score (nSPS) is 15.1. The number of nitrogens with one attached hydrogen (secondary N) is 2. The Bertz CT molecular complexity index is 1580. The number of aliphatic hydroxyl groups excluding tert-OH is 1. The maximum Gasteiger partial charge on any atom is 0.354 e. The summed E-state index contributed by atoms with van der Waals surface area (Å²) in [5.41, 5.74) is 9.50. The van der Waals surface area contributed by atoms with Gasteiger partial charge in [-0.05, 0) is 75.5 Å². The molecule has 1 fully saturated rings. The van der Waals surface area contributed by atoms with E-state index in [1.807, 2.05) is 24.3 Å². The second-order valence-corrected chi connectivity index (χ2v) is 12.5. The smallest absolute Gasteiger partial charge is 0.354 e. The fourth-order valence-corrected chi connectivity index (χ4v) is 7.18. The van der Waals surface area contributed by atoms with Gasteiger partial charge in [-0.2, -0.15) is 4.98 Å². The van der Waals surface area contributed by atoms with Crippen LogP contribution in [0.3, 0.4) is 0 Å². The van der Waals surface area contributed by atoms with Gasteiger partial charge in [0.05, 0.1) is 22.2 Å². The molecule has 0 amide bonds. The highest BCUT2D eigenvalue weighted by Gasteiger charge is 2.27. The van der Waals surface area contributed by atoms with E-state index in [4.69, 9.17) is 5.73 Å². The molecule has 3 aromatic heterocycles. The van der Waals surface area contributed by atoms with Crippen LogP contribution >= 0.6 is 0 Å². The molecule has 0 radical (unpaired) electrons. The van der Waals surface area contributed by atoms with Crippen LogP contribution in [0.2, 0.25) is 0 Å². The Morgan fingerprint density at radius 1 is 1.11 bits per heavy atom. The van der Waals surface area contributed by atoms with Crippen LogP contribution in [0, 0.1) is 0 Å². The minimum Gasteiger partial charge on any atom is -0.396 e. The van der Waals surface area contributed by atoms with Gasteiger partial charge in [-0.3, -0.25) is 4.57 Å². The molecule has 1 aliphatic heterocycles. The summed E-state index contributed by atoms with van der Waals surface area (Å²) in [6.07, 6.45) is 7.86. The van der Waals surface area contributed by atoms with Gasteiger partial charge >= 0.3 is 5.69 Å². The van der Waals surface area contributed by atoms with Crippen molar-refractivity contribution in [2.24, 2.45) is 5.73 Å². The van der Waals surface area contributed by atoms with Crippen LogP contribution in [-0.2, 0) is 29.2 Å². The van der Waals surface area contributed by atoms with Crippen molar-refractivity contribution in [2.45, 2.75) is 50.3 Å². The van der Waals surface area contributed by atoms with E-state index in [-0.39, 0.29) is 17.6 Å². The molecule has 38 heavy (non-hydrogen) atoms. The molecule has 0 bridgehead atoms. The highest BCUT2D eigenvalue weighted by Crippen LogP contribution is 2.26. The number of unbranched alkanes of at least 4 members (excludes halogenated alkanes) is 1. The van der Waals surface area contributed by atoms with Gasteiger partial charge in [-0.15, -0.1) is 0 Å². The predicted octanol–water partition coefficient (Wildman–Crippen LogP) is 1.65. The standard InChI is InChI=1S/C27H36N6O4S/c28-9-5-19-17-32(12-1-2-13-34)25-16-22(3-4-24(19)25)33-18-20-15-21(30-26(20)31-27(33)35)8-14-38(36,37)23-6-10-29-11-7-23/h3-4,15-18,23,29,34H,1-2,5-14,28H2,(H,30,31,35). The van der Waals surface area contributed by atoms with Crippen molar-refractivity contribution >= 4 is 31.8 Å². The summed E-state index contributed by atoms with van der Waals surface area (Å²) in [5.74, 6) is 0.0732. The first-order valence-electron chi connectivity index (χ1n) is 13.4. The fraction of sp³-hybridized carbons (Fsp3) is 0.481. The molecular weight excluding hydrogens is 504 g/mol. The largest absolute Gasteiger partial charge is 0.396 e. The van der Waals surface area contributed by atoms with Crippen LogP contribution in [0.4, 0.5) is 0 Å². The van der Waals surface area contributed by atoms with Crippen LogP contribution in [-0.4, -0.2) is 69.9 Å². The SMILES string of the molecule is NCCc1cn(CCCCO)c2cc(-n3cc4cc(CCS(=O)(=O)C5CCNCC5)[nH]c4nc3=O)ccc12. The number of nitrogens with zero attached hydrogens (tertiary/aromatic N) is 3. The molecule has 0 spiro atoms. The number of hydrogen-bond donors (Lipinski definition) is 4. The second-order valence-electron chi connectivity index (χ2n) is 10.1. The van der Waals surface area contributed by atoms with Crippen LogP contribution in [0.25, 0.3) is 27.6 Å². The number of hydrogen-bond acceptors (Lipinski definition) is 7. The average Bonchev–Trinajstić information content (AvgIpc) is 3.48. The Labute approximate surface area is 221 Å². The Hall–Kier alpha value is -2.99. The van der Waals surface area contributed by atoms with Gasteiger partial charge in [-0.1, -0.05) is 6.07 Å². The monoisotopic (exact) mass is 540 g/mol. The van der Waals surface area contributed by atoms with E-state index in [1.165, 1.54) is 4.57 Å². The van der Waals surface area contributed by atoms with E-state index in [9.17, 15) is 18.3 Å². The number of H-pyrrole nitrogens is 1. The third kappa shape index (κ3) is 5.56. The zero-order valence-corrected chi connectivity index (χ0v) is 22.3. The number of fused-ring (bicyclic) bond motifs is 2. The summed E-state index contributed by atoms with van der Waals surface area (Å²) in [7, 11) is -3.19. The molecule has 1 saturated heterocycles. The lowest BCUT2D eigenvalue weighted by atomic mass is 10.1. The summed E-state index contributed by atoms with van der Waals surface area (Å²) in [6.45, 7) is 2.94. The summed E-state index contributed by atoms with van der Waals surface area (Å²) in [6, 6.07) is 7.80. The molecule has 1 aromatic carbocycles. The fourth-order valence-electron chi connectivity index (χ4n) is 5.38. The molecule has 4 aromatic rings. The molecule has 1 aliphatic rings. The quantitative estimate of drug-likeness (QED) is 0.211. The number of aryl methyl sites for hydroxylation is 2. The third-order valence-corrected chi connectivity index (χ3v) is 9.72. The number of nitrogens with two attached hydrogens (primary N) is 1. The van der Waals surface area contributed by atoms with Crippen LogP contribution < -0.4 is 16.7 Å². The van der Waals surface area contributed by atoms with Crippen molar-refractivity contribution in [3.63, 3.8) is 0 Å². The Morgan fingerprint density at radius 2 is 1.92 bits per heavy atom. The van der Waals surface area contributed by atoms with Crippen LogP contribution in [0.5, 0.6) is 0 Å². The molecule has 0 aliphatic carbocycles. The van der Waals surface area contributed by atoms with E-state index < -0.39 is 15.5 Å². The van der Waals surface area contributed by atoms with Gasteiger partial charge in [0.2, 0.25) is 0 Å². The molecule has 0 unspecified atom stereocenters. The molecule has 204 valence electrons. The molecular formula is C27H36N6O4S. The van der Waals surface area contributed by atoms with Crippen molar-refractivity contribution in [1.82, 2.24) is 24.4 Å². The zero-order chi connectivity index (χ0) is 26.7. The second kappa shape index (κ2) is 11.4. The van der Waals surface area contributed by atoms with Gasteiger partial charge < -0.3 is 25.7 Å².